The summed E-state index contributed by atoms with van der Waals surface area (Å²) in [4.78, 5) is 4.83. The number of aromatic amines is 1. The molecule has 0 radical (unpaired) electrons. The molecule has 108 valence electrons. The van der Waals surface area contributed by atoms with Crippen LogP contribution in [0.15, 0.2) is 23.1 Å². The van der Waals surface area contributed by atoms with E-state index in [4.69, 9.17) is 10.7 Å². The molecule has 0 aromatic carbocycles. The number of nitrogens with one attached hydrogen (secondary N) is 2. The third kappa shape index (κ3) is 1.94. The molecule has 4 rings (SSSR count). The summed E-state index contributed by atoms with van der Waals surface area (Å²) in [5, 5.41) is 14.5. The lowest BCUT2D eigenvalue weighted by Crippen LogP contribution is -2.12. The first-order chi connectivity index (χ1) is 10.3. The van der Waals surface area contributed by atoms with E-state index in [-0.39, 0.29) is 0 Å². The zero-order valence-electron chi connectivity index (χ0n) is 11.2. The van der Waals surface area contributed by atoms with Gasteiger partial charge in [-0.15, -0.1) is 0 Å². The van der Waals surface area contributed by atoms with Crippen molar-refractivity contribution >= 4 is 27.4 Å². The lowest BCUT2D eigenvalue weighted by atomic mass is 10.0. The molecule has 3 aromatic heterocycles. The summed E-state index contributed by atoms with van der Waals surface area (Å²) >= 11 is 3.57. The molecule has 4 N–H and O–H groups in total. The number of hydrogen-bond donors (Lipinski definition) is 3. The van der Waals surface area contributed by atoms with Crippen LogP contribution in [0.3, 0.4) is 0 Å². The van der Waals surface area contributed by atoms with E-state index in [0.717, 1.165) is 46.5 Å². The van der Waals surface area contributed by atoms with E-state index in [1.807, 2.05) is 6.20 Å². The fraction of sp³-hybridized carbons (Fsp3) is 0.308. The molecule has 0 spiro atoms. The van der Waals surface area contributed by atoms with Gasteiger partial charge in [-0.1, -0.05) is 0 Å². The number of nitrogens with two attached hydrogens (primary N) is 1. The molecule has 0 saturated carbocycles. The van der Waals surface area contributed by atoms with Crippen LogP contribution in [-0.4, -0.2) is 37.9 Å². The number of rotatable bonds is 2. The molecule has 1 aliphatic rings. The smallest absolute Gasteiger partial charge is 0.165 e. The second-order valence-electron chi connectivity index (χ2n) is 5.17. The Hall–Kier alpha value is -1.93. The van der Waals surface area contributed by atoms with Crippen molar-refractivity contribution in [1.82, 2.24) is 30.1 Å². The van der Waals surface area contributed by atoms with Gasteiger partial charge in [-0.05, 0) is 28.9 Å². The predicted molar refractivity (Wildman–Crippen MR) is 82.9 cm³/mol. The Morgan fingerprint density at radius 1 is 1.38 bits per heavy atom. The molecule has 1 aliphatic heterocycles. The van der Waals surface area contributed by atoms with E-state index in [0.29, 0.717) is 11.7 Å². The summed E-state index contributed by atoms with van der Waals surface area (Å²) in [6, 6.07) is 0. The van der Waals surface area contributed by atoms with Gasteiger partial charge in [-0.3, -0.25) is 5.10 Å². The first-order valence-corrected chi connectivity index (χ1v) is 7.57. The van der Waals surface area contributed by atoms with Crippen LogP contribution < -0.4 is 11.1 Å². The lowest BCUT2D eigenvalue weighted by Gasteiger charge is -2.13. The Balaban J connectivity index is 1.95. The summed E-state index contributed by atoms with van der Waals surface area (Å²) in [5.74, 6) is 0.954. The van der Waals surface area contributed by atoms with Crippen LogP contribution in [0, 0.1) is 0 Å². The second-order valence-corrected chi connectivity index (χ2v) is 5.96. The van der Waals surface area contributed by atoms with Crippen LogP contribution in [0.5, 0.6) is 0 Å². The zero-order chi connectivity index (χ0) is 14.4. The largest absolute Gasteiger partial charge is 0.383 e. The Kier molecular flexibility index (Phi) is 2.93. The van der Waals surface area contributed by atoms with Gasteiger partial charge in [-0.25, -0.2) is 4.98 Å². The molecule has 0 aliphatic carbocycles. The minimum Gasteiger partial charge on any atom is -0.383 e. The van der Waals surface area contributed by atoms with Gasteiger partial charge in [0.05, 0.1) is 22.6 Å². The number of fused-ring (bicyclic) bond motifs is 1. The highest BCUT2D eigenvalue weighted by Crippen LogP contribution is 2.34. The van der Waals surface area contributed by atoms with Gasteiger partial charge in [-0.2, -0.15) is 14.7 Å². The highest BCUT2D eigenvalue weighted by molar-refractivity contribution is 9.10. The highest BCUT2D eigenvalue weighted by Gasteiger charge is 2.24. The number of nitrogens with zero attached hydrogens (tertiary/aromatic N) is 4. The Morgan fingerprint density at radius 3 is 3.00 bits per heavy atom. The van der Waals surface area contributed by atoms with E-state index in [1.165, 1.54) is 0 Å². The van der Waals surface area contributed by atoms with Gasteiger partial charge < -0.3 is 11.1 Å². The molecule has 0 bridgehead atoms. The highest BCUT2D eigenvalue weighted by atomic mass is 79.9. The Bertz CT molecular complexity index is 787. The summed E-state index contributed by atoms with van der Waals surface area (Å²) in [6.45, 7) is 1.94. The maximum Gasteiger partial charge on any atom is 0.165 e. The molecule has 21 heavy (non-hydrogen) atoms. The van der Waals surface area contributed by atoms with Gasteiger partial charge >= 0.3 is 0 Å². The van der Waals surface area contributed by atoms with Crippen LogP contribution in [0.1, 0.15) is 18.0 Å². The van der Waals surface area contributed by atoms with Gasteiger partial charge in [0.2, 0.25) is 0 Å². The summed E-state index contributed by atoms with van der Waals surface area (Å²) in [6.07, 6.45) is 6.42. The molecule has 0 amide bonds. The maximum atomic E-state index is 6.22. The third-order valence-corrected chi connectivity index (χ3v) is 4.72. The number of halogens is 1. The van der Waals surface area contributed by atoms with E-state index in [9.17, 15) is 0 Å². The molecular weight excluding hydrogens is 334 g/mol. The monoisotopic (exact) mass is 347 g/mol. The molecule has 4 heterocycles. The number of hydrogen-bond acceptors (Lipinski definition) is 5. The van der Waals surface area contributed by atoms with Gasteiger partial charge in [0, 0.05) is 29.8 Å². The normalized spacial score (nSPS) is 18.6. The molecule has 1 saturated heterocycles. The minimum atomic E-state index is 0.374. The molecule has 1 unspecified atom stereocenters. The standard InChI is InChI=1S/C13H14BrN7/c14-10-11(7-1-2-16-3-7)20-13-9(8-4-17-18-5-8)6-19-21(13)12(10)15/h4-7,16H,1-3,15H2,(H,17,18). The second kappa shape index (κ2) is 4.81. The lowest BCUT2D eigenvalue weighted by molar-refractivity contribution is 0.727. The minimum absolute atomic E-state index is 0.374. The van der Waals surface area contributed by atoms with Crippen LogP contribution in [0.2, 0.25) is 0 Å². The summed E-state index contributed by atoms with van der Waals surface area (Å²) in [5.41, 5.74) is 9.86. The molecule has 1 atom stereocenters. The molecule has 3 aromatic rings. The number of aromatic nitrogens is 5. The molecular formula is C13H14BrN7. The van der Waals surface area contributed by atoms with E-state index >= 15 is 0 Å². The first kappa shape index (κ1) is 12.8. The summed E-state index contributed by atoms with van der Waals surface area (Å²) in [7, 11) is 0. The number of H-pyrrole nitrogens is 1. The molecule has 1 fully saturated rings. The first-order valence-electron chi connectivity index (χ1n) is 6.78. The molecule has 8 heteroatoms. The van der Waals surface area contributed by atoms with Crippen molar-refractivity contribution in [3.8, 4) is 11.1 Å². The fourth-order valence-corrected chi connectivity index (χ4v) is 3.35. The van der Waals surface area contributed by atoms with E-state index in [2.05, 4.69) is 36.5 Å². The van der Waals surface area contributed by atoms with E-state index < -0.39 is 0 Å². The Labute approximate surface area is 129 Å². The molecule has 7 nitrogen and oxygen atoms in total. The van der Waals surface area contributed by atoms with Crippen molar-refractivity contribution in [1.29, 1.82) is 0 Å². The van der Waals surface area contributed by atoms with E-state index in [1.54, 1.807) is 16.9 Å². The van der Waals surface area contributed by atoms with Crippen molar-refractivity contribution in [2.45, 2.75) is 12.3 Å². The SMILES string of the molecule is Nc1c(Br)c(C2CCNC2)nc2c(-c3cn[nH]c3)cnn12. The van der Waals surface area contributed by atoms with Crippen LogP contribution in [0.4, 0.5) is 5.82 Å². The van der Waals surface area contributed by atoms with Crippen molar-refractivity contribution < 1.29 is 0 Å². The number of anilines is 1. The van der Waals surface area contributed by atoms with Crippen molar-refractivity contribution in [2.75, 3.05) is 18.8 Å². The van der Waals surface area contributed by atoms with Crippen molar-refractivity contribution in [2.24, 2.45) is 0 Å². The van der Waals surface area contributed by atoms with Gasteiger partial charge in [0.15, 0.2) is 5.65 Å². The maximum absolute atomic E-state index is 6.22. The van der Waals surface area contributed by atoms with Crippen molar-refractivity contribution in [3.05, 3.63) is 28.8 Å². The number of nitrogen functional groups attached to an aromatic ring is 1. The summed E-state index contributed by atoms with van der Waals surface area (Å²) < 4.78 is 2.50. The van der Waals surface area contributed by atoms with Crippen molar-refractivity contribution in [3.63, 3.8) is 0 Å². The Morgan fingerprint density at radius 2 is 2.29 bits per heavy atom. The van der Waals surface area contributed by atoms with Crippen LogP contribution in [0.25, 0.3) is 16.8 Å². The third-order valence-electron chi connectivity index (χ3n) is 3.90. The van der Waals surface area contributed by atoms with Gasteiger partial charge in [0.25, 0.3) is 0 Å². The average molecular weight is 348 g/mol. The average Bonchev–Trinajstić information content (AvgIpc) is 3.22. The predicted octanol–water partition coefficient (Wildman–Crippen LogP) is 1.54. The topological polar surface area (TPSA) is 96.9 Å². The van der Waals surface area contributed by atoms with Crippen LogP contribution in [-0.2, 0) is 0 Å². The quantitative estimate of drug-likeness (QED) is 0.653. The van der Waals surface area contributed by atoms with Gasteiger partial charge in [0.1, 0.15) is 5.82 Å². The fourth-order valence-electron chi connectivity index (χ4n) is 2.77. The van der Waals surface area contributed by atoms with Crippen LogP contribution >= 0.6 is 15.9 Å². The zero-order valence-corrected chi connectivity index (χ0v) is 12.8.